The van der Waals surface area contributed by atoms with Gasteiger partial charge in [-0.1, -0.05) is 23.2 Å². The van der Waals surface area contributed by atoms with Crippen molar-refractivity contribution in [1.29, 1.82) is 0 Å². The molecule has 0 amide bonds. The average Bonchev–Trinajstić information content (AvgIpc) is 2.40. The molecule has 6 nitrogen and oxygen atoms in total. The van der Waals surface area contributed by atoms with Gasteiger partial charge in [-0.05, 0) is 13.0 Å². The largest absolute Gasteiger partial charge is 0.394 e. The fourth-order valence-electron chi connectivity index (χ4n) is 1.98. The summed E-state index contributed by atoms with van der Waals surface area (Å²) in [7, 11) is 0. The van der Waals surface area contributed by atoms with Gasteiger partial charge in [-0.3, -0.25) is 0 Å². The number of rotatable bonds is 3. The van der Waals surface area contributed by atoms with Gasteiger partial charge in [0.05, 0.1) is 35.4 Å². The second-order valence-corrected chi connectivity index (χ2v) is 5.22. The fourth-order valence-corrected chi connectivity index (χ4v) is 2.50. The Hall–Kier alpha value is -0.790. The Kier molecular flexibility index (Phi) is 4.70. The normalized spacial score (nSPS) is 23.5. The zero-order valence-corrected chi connectivity index (χ0v) is 11.9. The van der Waals surface area contributed by atoms with Crippen LogP contribution in [0.4, 0.5) is 11.6 Å². The molecule has 1 aromatic rings. The number of nitrogens with two attached hydrogens (primary N) is 1. The maximum absolute atomic E-state index is 9.20. The van der Waals surface area contributed by atoms with E-state index < -0.39 is 0 Å². The molecule has 2 unspecified atom stereocenters. The van der Waals surface area contributed by atoms with E-state index in [1.54, 1.807) is 6.07 Å². The lowest BCUT2D eigenvalue weighted by atomic mass is 10.2. The van der Waals surface area contributed by atoms with Crippen molar-refractivity contribution in [3.05, 3.63) is 16.1 Å². The van der Waals surface area contributed by atoms with Crippen LogP contribution in [0.5, 0.6) is 0 Å². The molecule has 0 aromatic carbocycles. The summed E-state index contributed by atoms with van der Waals surface area (Å²) in [6.07, 6.45) is -0.251. The number of aromatic nitrogens is 1. The van der Waals surface area contributed by atoms with Crippen molar-refractivity contribution in [1.82, 2.24) is 4.98 Å². The van der Waals surface area contributed by atoms with E-state index in [4.69, 9.17) is 33.8 Å². The molecule has 0 aliphatic carbocycles. The van der Waals surface area contributed by atoms with Gasteiger partial charge in [0.2, 0.25) is 0 Å². The van der Waals surface area contributed by atoms with E-state index in [-0.39, 0.29) is 18.8 Å². The van der Waals surface area contributed by atoms with Gasteiger partial charge in [-0.25, -0.2) is 10.8 Å². The van der Waals surface area contributed by atoms with E-state index in [2.05, 4.69) is 10.4 Å². The van der Waals surface area contributed by atoms with Crippen LogP contribution in [0.25, 0.3) is 0 Å². The van der Waals surface area contributed by atoms with E-state index in [0.717, 1.165) is 0 Å². The van der Waals surface area contributed by atoms with E-state index >= 15 is 0 Å². The van der Waals surface area contributed by atoms with Crippen molar-refractivity contribution in [3.8, 4) is 0 Å². The summed E-state index contributed by atoms with van der Waals surface area (Å²) in [5, 5.41) is 9.99. The standard InChI is InChI=1S/C11H16Cl2N4O2/c1-6-5-19-7(4-18)3-17(6)11-9(13)2-8(12)10(15-11)16-14/h2,6-7,18H,3-5,14H2,1H3,(H,15,16). The molecule has 1 aliphatic heterocycles. The number of hydrogen-bond acceptors (Lipinski definition) is 6. The fraction of sp³-hybridized carbons (Fsp3) is 0.545. The maximum Gasteiger partial charge on any atom is 0.161 e. The van der Waals surface area contributed by atoms with Crippen molar-refractivity contribution >= 4 is 34.8 Å². The molecular weight excluding hydrogens is 291 g/mol. The first kappa shape index (κ1) is 14.6. The van der Waals surface area contributed by atoms with Crippen LogP contribution in [-0.4, -0.2) is 42.0 Å². The Morgan fingerprint density at radius 2 is 2.32 bits per heavy atom. The molecule has 0 bridgehead atoms. The molecule has 2 heterocycles. The summed E-state index contributed by atoms with van der Waals surface area (Å²) in [5.41, 5.74) is 2.43. The number of nitrogen functional groups attached to an aromatic ring is 1. The maximum atomic E-state index is 9.20. The summed E-state index contributed by atoms with van der Waals surface area (Å²) in [5.74, 6) is 6.30. The molecule has 1 fully saturated rings. The Morgan fingerprint density at radius 1 is 1.58 bits per heavy atom. The van der Waals surface area contributed by atoms with E-state index in [9.17, 15) is 5.11 Å². The van der Waals surface area contributed by atoms with Crippen LogP contribution in [0.15, 0.2) is 6.07 Å². The first-order chi connectivity index (χ1) is 9.06. The SMILES string of the molecule is CC1COC(CO)CN1c1nc(NN)c(Cl)cc1Cl. The topological polar surface area (TPSA) is 83.6 Å². The summed E-state index contributed by atoms with van der Waals surface area (Å²) in [6.45, 7) is 2.96. The number of hydrazine groups is 1. The van der Waals surface area contributed by atoms with Crippen molar-refractivity contribution in [3.63, 3.8) is 0 Å². The molecule has 19 heavy (non-hydrogen) atoms. The van der Waals surface area contributed by atoms with Crippen LogP contribution < -0.4 is 16.2 Å². The third-order valence-corrected chi connectivity index (χ3v) is 3.60. The lowest BCUT2D eigenvalue weighted by Crippen LogP contribution is -2.50. The first-order valence-electron chi connectivity index (χ1n) is 5.88. The van der Waals surface area contributed by atoms with Gasteiger partial charge in [0, 0.05) is 6.54 Å². The Balaban J connectivity index is 2.33. The van der Waals surface area contributed by atoms with Gasteiger partial charge >= 0.3 is 0 Å². The van der Waals surface area contributed by atoms with Crippen molar-refractivity contribution in [2.45, 2.75) is 19.1 Å². The molecule has 4 N–H and O–H groups in total. The van der Waals surface area contributed by atoms with E-state index in [1.165, 1.54) is 0 Å². The quantitative estimate of drug-likeness (QED) is 0.576. The number of halogens is 2. The van der Waals surface area contributed by atoms with E-state index in [1.807, 2.05) is 11.8 Å². The molecule has 106 valence electrons. The van der Waals surface area contributed by atoms with Gasteiger partial charge in [-0.15, -0.1) is 0 Å². The number of morpholine rings is 1. The monoisotopic (exact) mass is 306 g/mol. The average molecular weight is 307 g/mol. The summed E-state index contributed by atoms with van der Waals surface area (Å²) < 4.78 is 5.48. The molecular formula is C11H16Cl2N4O2. The summed E-state index contributed by atoms with van der Waals surface area (Å²) >= 11 is 12.1. The smallest absolute Gasteiger partial charge is 0.161 e. The highest BCUT2D eigenvalue weighted by molar-refractivity contribution is 6.37. The van der Waals surface area contributed by atoms with Gasteiger partial charge in [0.1, 0.15) is 5.82 Å². The zero-order valence-electron chi connectivity index (χ0n) is 10.4. The first-order valence-corrected chi connectivity index (χ1v) is 6.64. The zero-order chi connectivity index (χ0) is 14.0. The van der Waals surface area contributed by atoms with E-state index in [0.29, 0.717) is 34.8 Å². The number of nitrogens with zero attached hydrogens (tertiary/aromatic N) is 2. The highest BCUT2D eigenvalue weighted by Crippen LogP contribution is 2.33. The third kappa shape index (κ3) is 3.04. The van der Waals surface area contributed by atoms with Crippen LogP contribution in [0.3, 0.4) is 0 Å². The Bertz CT molecular complexity index is 461. The number of aliphatic hydroxyl groups is 1. The summed E-state index contributed by atoms with van der Waals surface area (Å²) in [4.78, 5) is 6.30. The molecule has 1 saturated heterocycles. The lowest BCUT2D eigenvalue weighted by Gasteiger charge is -2.38. The number of hydrogen-bond donors (Lipinski definition) is 3. The van der Waals surface area contributed by atoms with Gasteiger partial charge in [0.15, 0.2) is 5.82 Å². The second-order valence-electron chi connectivity index (χ2n) is 4.41. The van der Waals surface area contributed by atoms with Crippen molar-refractivity contribution in [2.75, 3.05) is 30.1 Å². The van der Waals surface area contributed by atoms with Gasteiger partial charge in [0.25, 0.3) is 0 Å². The number of nitrogens with one attached hydrogen (secondary N) is 1. The number of ether oxygens (including phenoxy) is 1. The van der Waals surface area contributed by atoms with Crippen LogP contribution in [0, 0.1) is 0 Å². The van der Waals surface area contributed by atoms with Crippen LogP contribution in [0.1, 0.15) is 6.92 Å². The van der Waals surface area contributed by atoms with Crippen LogP contribution in [-0.2, 0) is 4.74 Å². The predicted molar refractivity (Wildman–Crippen MR) is 75.7 cm³/mol. The number of pyridine rings is 1. The number of aliphatic hydroxyl groups excluding tert-OH is 1. The van der Waals surface area contributed by atoms with Crippen molar-refractivity contribution in [2.24, 2.45) is 5.84 Å². The highest BCUT2D eigenvalue weighted by atomic mass is 35.5. The Morgan fingerprint density at radius 3 is 2.95 bits per heavy atom. The minimum atomic E-state index is -0.251. The van der Waals surface area contributed by atoms with Gasteiger partial charge < -0.3 is 20.2 Å². The minimum absolute atomic E-state index is 0.0452. The highest BCUT2D eigenvalue weighted by Gasteiger charge is 2.28. The molecule has 1 aromatic heterocycles. The van der Waals surface area contributed by atoms with Crippen LogP contribution >= 0.6 is 23.2 Å². The molecule has 1 aliphatic rings. The molecule has 0 spiro atoms. The van der Waals surface area contributed by atoms with Crippen molar-refractivity contribution < 1.29 is 9.84 Å². The molecule has 2 rings (SSSR count). The molecule has 0 saturated carbocycles. The third-order valence-electron chi connectivity index (χ3n) is 3.03. The van der Waals surface area contributed by atoms with Gasteiger partial charge in [-0.2, -0.15) is 0 Å². The van der Waals surface area contributed by atoms with Crippen LogP contribution in [0.2, 0.25) is 10.0 Å². The lowest BCUT2D eigenvalue weighted by molar-refractivity contribution is -0.0105. The Labute approximate surface area is 121 Å². The minimum Gasteiger partial charge on any atom is -0.394 e. The molecule has 8 heteroatoms. The predicted octanol–water partition coefficient (Wildman–Crippen LogP) is 1.26. The molecule has 2 atom stereocenters. The second kappa shape index (κ2) is 6.11. The number of anilines is 2. The molecule has 0 radical (unpaired) electrons. The summed E-state index contributed by atoms with van der Waals surface area (Å²) in [6, 6.07) is 1.69.